The minimum atomic E-state index is -0.191. The predicted octanol–water partition coefficient (Wildman–Crippen LogP) is 1.59. The molecule has 0 saturated carbocycles. The maximum absolute atomic E-state index is 12.2. The molecule has 3 rings (SSSR count). The Morgan fingerprint density at radius 2 is 2.18 bits per heavy atom. The van der Waals surface area contributed by atoms with Crippen LogP contribution in [0, 0.1) is 6.92 Å². The van der Waals surface area contributed by atoms with Crippen LogP contribution in [0.4, 0.5) is 5.69 Å². The standard InChI is InChI=1S/C16H17N3O3/c1-10-3-5-12(19(10)2)8-17-16(21)11-4-6-13-14(7-11)22-9-15(20)18-13/h3-7H,8-9H2,1-2H3,(H,17,21)(H,18,20). The van der Waals surface area contributed by atoms with Gasteiger partial charge in [0.25, 0.3) is 11.8 Å². The minimum absolute atomic E-state index is 0.0271. The summed E-state index contributed by atoms with van der Waals surface area (Å²) < 4.78 is 7.35. The van der Waals surface area contributed by atoms with Crippen molar-refractivity contribution in [1.82, 2.24) is 9.88 Å². The van der Waals surface area contributed by atoms with Crippen LogP contribution in [0.5, 0.6) is 5.75 Å². The van der Waals surface area contributed by atoms with Crippen molar-refractivity contribution in [3.05, 3.63) is 47.3 Å². The average molecular weight is 299 g/mol. The third-order valence-electron chi connectivity index (χ3n) is 3.78. The first-order valence-electron chi connectivity index (χ1n) is 7.00. The number of aromatic nitrogens is 1. The Kier molecular flexibility index (Phi) is 3.58. The molecule has 1 aliphatic heterocycles. The molecule has 2 heterocycles. The number of nitrogens with one attached hydrogen (secondary N) is 2. The number of carbonyl (C=O) groups excluding carboxylic acids is 2. The molecule has 22 heavy (non-hydrogen) atoms. The van der Waals surface area contributed by atoms with Crippen LogP contribution in [0.25, 0.3) is 0 Å². The lowest BCUT2D eigenvalue weighted by Crippen LogP contribution is -2.27. The maximum atomic E-state index is 12.2. The molecule has 0 unspecified atom stereocenters. The largest absolute Gasteiger partial charge is 0.482 e. The molecule has 1 aromatic heterocycles. The van der Waals surface area contributed by atoms with Gasteiger partial charge in [-0.3, -0.25) is 9.59 Å². The van der Waals surface area contributed by atoms with Gasteiger partial charge in [-0.1, -0.05) is 0 Å². The molecule has 2 aromatic rings. The lowest BCUT2D eigenvalue weighted by Gasteiger charge is -2.18. The van der Waals surface area contributed by atoms with Crippen LogP contribution < -0.4 is 15.4 Å². The highest BCUT2D eigenvalue weighted by atomic mass is 16.5. The predicted molar refractivity (Wildman–Crippen MR) is 81.9 cm³/mol. The first-order chi connectivity index (χ1) is 10.5. The fraction of sp³-hybridized carbons (Fsp3) is 0.250. The van der Waals surface area contributed by atoms with Crippen LogP contribution in [0.15, 0.2) is 30.3 Å². The number of carbonyl (C=O) groups is 2. The molecule has 2 N–H and O–H groups in total. The SMILES string of the molecule is Cc1ccc(CNC(=O)c2ccc3c(c2)OCC(=O)N3)n1C. The van der Waals surface area contributed by atoms with E-state index in [2.05, 4.69) is 10.6 Å². The number of hydrogen-bond donors (Lipinski definition) is 2. The molecule has 6 heteroatoms. The van der Waals surface area contributed by atoms with Crippen LogP contribution in [0.3, 0.4) is 0 Å². The first-order valence-corrected chi connectivity index (χ1v) is 7.00. The van der Waals surface area contributed by atoms with Crippen molar-refractivity contribution in [2.45, 2.75) is 13.5 Å². The zero-order valence-electron chi connectivity index (χ0n) is 12.5. The Morgan fingerprint density at radius 1 is 1.36 bits per heavy atom. The van der Waals surface area contributed by atoms with E-state index in [0.717, 1.165) is 11.4 Å². The van der Waals surface area contributed by atoms with Gasteiger partial charge in [-0.2, -0.15) is 0 Å². The summed E-state index contributed by atoms with van der Waals surface area (Å²) in [5, 5.41) is 5.58. The molecule has 6 nitrogen and oxygen atoms in total. The Labute approximate surface area is 128 Å². The molecule has 0 atom stereocenters. The molecule has 1 aromatic carbocycles. The third-order valence-corrected chi connectivity index (χ3v) is 3.78. The second-order valence-electron chi connectivity index (χ2n) is 5.26. The topological polar surface area (TPSA) is 72.4 Å². The summed E-state index contributed by atoms with van der Waals surface area (Å²) in [6.45, 7) is 2.44. The van der Waals surface area contributed by atoms with E-state index in [1.165, 1.54) is 0 Å². The molecular formula is C16H17N3O3. The number of fused-ring (bicyclic) bond motifs is 1. The Hall–Kier alpha value is -2.76. The molecule has 0 radical (unpaired) electrons. The first kappa shape index (κ1) is 14.2. The average Bonchev–Trinajstić information content (AvgIpc) is 2.83. The van der Waals surface area contributed by atoms with E-state index >= 15 is 0 Å². The Morgan fingerprint density at radius 3 is 2.91 bits per heavy atom. The summed E-state index contributed by atoms with van der Waals surface area (Å²) in [5.74, 6) is 0.146. The Balaban J connectivity index is 1.70. The number of aryl methyl sites for hydroxylation is 1. The van der Waals surface area contributed by atoms with Crippen LogP contribution in [0.1, 0.15) is 21.7 Å². The normalized spacial score (nSPS) is 13.1. The summed E-state index contributed by atoms with van der Waals surface area (Å²) in [4.78, 5) is 23.4. The molecule has 0 bridgehead atoms. The molecule has 0 saturated heterocycles. The van der Waals surface area contributed by atoms with Crippen LogP contribution in [-0.2, 0) is 18.4 Å². The lowest BCUT2D eigenvalue weighted by atomic mass is 10.1. The zero-order valence-corrected chi connectivity index (χ0v) is 12.5. The summed E-state index contributed by atoms with van der Waals surface area (Å²) in [5.41, 5.74) is 3.26. The van der Waals surface area contributed by atoms with Gasteiger partial charge in [-0.05, 0) is 37.3 Å². The van der Waals surface area contributed by atoms with Crippen molar-refractivity contribution in [3.63, 3.8) is 0 Å². The third kappa shape index (κ3) is 2.67. The smallest absolute Gasteiger partial charge is 0.262 e. The monoisotopic (exact) mass is 299 g/mol. The van der Waals surface area contributed by atoms with Crippen molar-refractivity contribution in [1.29, 1.82) is 0 Å². The number of benzene rings is 1. The number of anilines is 1. The molecule has 114 valence electrons. The van der Waals surface area contributed by atoms with Gasteiger partial charge < -0.3 is 19.9 Å². The van der Waals surface area contributed by atoms with E-state index in [9.17, 15) is 9.59 Å². The van der Waals surface area contributed by atoms with Gasteiger partial charge in [0.1, 0.15) is 5.75 Å². The summed E-state index contributed by atoms with van der Waals surface area (Å²) in [6, 6.07) is 8.98. The molecule has 0 spiro atoms. The van der Waals surface area contributed by atoms with Gasteiger partial charge in [0, 0.05) is 24.0 Å². The van der Waals surface area contributed by atoms with Gasteiger partial charge in [0.15, 0.2) is 6.61 Å². The van der Waals surface area contributed by atoms with Crippen molar-refractivity contribution in [2.75, 3.05) is 11.9 Å². The fourth-order valence-electron chi connectivity index (χ4n) is 2.33. The highest BCUT2D eigenvalue weighted by Crippen LogP contribution is 2.28. The lowest BCUT2D eigenvalue weighted by molar-refractivity contribution is -0.118. The molecule has 1 aliphatic rings. The van der Waals surface area contributed by atoms with Crippen LogP contribution in [-0.4, -0.2) is 23.0 Å². The van der Waals surface area contributed by atoms with Gasteiger partial charge >= 0.3 is 0 Å². The van der Waals surface area contributed by atoms with E-state index in [1.54, 1.807) is 18.2 Å². The second-order valence-corrected chi connectivity index (χ2v) is 5.26. The Bertz CT molecular complexity index is 749. The number of ether oxygens (including phenoxy) is 1. The summed E-state index contributed by atoms with van der Waals surface area (Å²) in [6.07, 6.45) is 0. The van der Waals surface area contributed by atoms with Gasteiger partial charge in [-0.25, -0.2) is 0 Å². The fourth-order valence-corrected chi connectivity index (χ4v) is 2.33. The molecule has 0 aliphatic carbocycles. The summed E-state index contributed by atoms with van der Waals surface area (Å²) in [7, 11) is 1.96. The maximum Gasteiger partial charge on any atom is 0.262 e. The zero-order chi connectivity index (χ0) is 15.7. The van der Waals surface area contributed by atoms with Gasteiger partial charge in [0.2, 0.25) is 0 Å². The van der Waals surface area contributed by atoms with E-state index in [1.807, 2.05) is 30.7 Å². The molecule has 2 amide bonds. The van der Waals surface area contributed by atoms with Crippen molar-refractivity contribution >= 4 is 17.5 Å². The summed E-state index contributed by atoms with van der Waals surface area (Å²) >= 11 is 0. The number of amides is 2. The second kappa shape index (κ2) is 5.55. The van der Waals surface area contributed by atoms with Crippen molar-refractivity contribution in [2.24, 2.45) is 7.05 Å². The van der Waals surface area contributed by atoms with E-state index in [0.29, 0.717) is 23.5 Å². The molecule has 0 fully saturated rings. The van der Waals surface area contributed by atoms with Gasteiger partial charge in [-0.15, -0.1) is 0 Å². The number of nitrogens with zero attached hydrogens (tertiary/aromatic N) is 1. The van der Waals surface area contributed by atoms with Crippen LogP contribution in [0.2, 0.25) is 0 Å². The van der Waals surface area contributed by atoms with E-state index in [4.69, 9.17) is 4.74 Å². The molecular weight excluding hydrogens is 282 g/mol. The highest BCUT2D eigenvalue weighted by molar-refractivity contribution is 5.98. The quantitative estimate of drug-likeness (QED) is 0.904. The minimum Gasteiger partial charge on any atom is -0.482 e. The van der Waals surface area contributed by atoms with E-state index in [-0.39, 0.29) is 18.4 Å². The van der Waals surface area contributed by atoms with Crippen molar-refractivity contribution in [3.8, 4) is 5.75 Å². The van der Waals surface area contributed by atoms with Crippen molar-refractivity contribution < 1.29 is 14.3 Å². The number of rotatable bonds is 3. The van der Waals surface area contributed by atoms with Crippen LogP contribution >= 0.6 is 0 Å². The highest BCUT2D eigenvalue weighted by Gasteiger charge is 2.17. The van der Waals surface area contributed by atoms with Gasteiger partial charge in [0.05, 0.1) is 12.2 Å². The number of hydrogen-bond acceptors (Lipinski definition) is 3. The van der Waals surface area contributed by atoms with E-state index < -0.39 is 0 Å².